The van der Waals surface area contributed by atoms with E-state index in [1.807, 2.05) is 16.7 Å². The summed E-state index contributed by atoms with van der Waals surface area (Å²) in [6.45, 7) is 4.76. The van der Waals surface area contributed by atoms with Crippen molar-refractivity contribution in [1.82, 2.24) is 29.3 Å². The first-order valence-corrected chi connectivity index (χ1v) is 18.2. The molecule has 0 atom stereocenters. The summed E-state index contributed by atoms with van der Waals surface area (Å²) in [7, 11) is -0.320. The van der Waals surface area contributed by atoms with E-state index in [0.717, 1.165) is 44.5 Å². The molecule has 1 saturated carbocycles. The molecule has 2 N–H and O–H groups in total. The summed E-state index contributed by atoms with van der Waals surface area (Å²) in [4.78, 5) is 19.1. The van der Waals surface area contributed by atoms with Gasteiger partial charge in [0.2, 0.25) is 5.95 Å². The lowest BCUT2D eigenvalue weighted by atomic mass is 9.71. The van der Waals surface area contributed by atoms with Crippen molar-refractivity contribution in [3.05, 3.63) is 59.5 Å². The summed E-state index contributed by atoms with van der Waals surface area (Å²) >= 11 is 0. The molecule has 11 heteroatoms. The number of hydrogen-bond acceptors (Lipinski definition) is 7. The molecule has 2 aliphatic heterocycles. The Morgan fingerprint density at radius 3 is 2.42 bits per heavy atom. The van der Waals surface area contributed by atoms with Gasteiger partial charge >= 0.3 is 0 Å². The van der Waals surface area contributed by atoms with Gasteiger partial charge < -0.3 is 19.8 Å². The number of aromatic nitrogens is 4. The monoisotopic (exact) mass is 606 g/mol. The van der Waals surface area contributed by atoms with Gasteiger partial charge in [0.1, 0.15) is 11.6 Å². The molecule has 230 valence electrons. The minimum absolute atomic E-state index is 0.126. The number of piperidine rings is 2. The highest BCUT2D eigenvalue weighted by atomic mass is 32.3. The molecule has 7 rings (SSSR count). The minimum atomic E-state index is -2.56. The molecule has 0 aromatic carbocycles. The predicted molar refractivity (Wildman–Crippen MR) is 173 cm³/mol. The van der Waals surface area contributed by atoms with Gasteiger partial charge in [-0.1, -0.05) is 6.07 Å². The van der Waals surface area contributed by atoms with Crippen LogP contribution in [-0.2, 0) is 10.1 Å². The molecule has 0 amide bonds. The molecule has 43 heavy (non-hydrogen) atoms. The van der Waals surface area contributed by atoms with E-state index in [2.05, 4.69) is 44.0 Å². The fourth-order valence-corrected chi connectivity index (χ4v) is 7.62. The van der Waals surface area contributed by atoms with Crippen LogP contribution < -0.4 is 10.0 Å². The van der Waals surface area contributed by atoms with Crippen LogP contribution in [0.5, 0.6) is 0 Å². The molecular formula is C32H43FN8OS. The van der Waals surface area contributed by atoms with Crippen LogP contribution in [0.4, 0.5) is 16.2 Å². The molecule has 3 aromatic rings. The highest BCUT2D eigenvalue weighted by Gasteiger charge is 2.37. The number of hydrogen-bond donors (Lipinski definition) is 3. The van der Waals surface area contributed by atoms with Crippen molar-refractivity contribution < 1.29 is 8.60 Å². The topological polar surface area (TPSA) is 91.2 Å². The Labute approximate surface area is 254 Å². The molecule has 0 radical (unpaired) electrons. The number of allylic oxidation sites excluding steroid dienone is 4. The highest BCUT2D eigenvalue weighted by molar-refractivity contribution is 8.02. The SMILES string of the molecule is CN1CCC2(CC1)CCN(C1=CC=C(Nc3ncc4c(F)c(C5CC5)n(-c5cccc(N[SH](C)(C)=O)n5)c4n3)CC1)CC2. The van der Waals surface area contributed by atoms with Gasteiger partial charge in [-0.05, 0) is 111 Å². The minimum Gasteiger partial charge on any atom is -0.375 e. The van der Waals surface area contributed by atoms with Crippen LogP contribution in [0.25, 0.3) is 16.9 Å². The summed E-state index contributed by atoms with van der Waals surface area (Å²) in [6, 6.07) is 5.46. The predicted octanol–water partition coefficient (Wildman–Crippen LogP) is 5.22. The molecule has 3 fully saturated rings. The van der Waals surface area contributed by atoms with E-state index in [9.17, 15) is 4.21 Å². The van der Waals surface area contributed by atoms with Gasteiger partial charge in [-0.3, -0.25) is 8.78 Å². The van der Waals surface area contributed by atoms with Crippen LogP contribution in [0.1, 0.15) is 63.0 Å². The van der Waals surface area contributed by atoms with Crippen LogP contribution in [0.2, 0.25) is 0 Å². The number of nitrogens with one attached hydrogen (secondary N) is 2. The summed E-state index contributed by atoms with van der Waals surface area (Å²) in [6.07, 6.45) is 18.3. The summed E-state index contributed by atoms with van der Waals surface area (Å²) in [5, 5.41) is 3.79. The van der Waals surface area contributed by atoms with Crippen LogP contribution >= 0.6 is 0 Å². The van der Waals surface area contributed by atoms with Crippen LogP contribution in [0.3, 0.4) is 0 Å². The lowest BCUT2D eigenvalue weighted by Gasteiger charge is -2.47. The molecule has 4 aliphatic rings. The summed E-state index contributed by atoms with van der Waals surface area (Å²) < 4.78 is 32.9. The molecule has 5 heterocycles. The van der Waals surface area contributed by atoms with Gasteiger partial charge in [-0.25, -0.2) is 14.4 Å². The van der Waals surface area contributed by atoms with Gasteiger partial charge in [-0.15, -0.1) is 0 Å². The van der Waals surface area contributed by atoms with E-state index in [-0.39, 0.29) is 11.7 Å². The van der Waals surface area contributed by atoms with Crippen molar-refractivity contribution in [1.29, 1.82) is 0 Å². The maximum absolute atomic E-state index is 15.7. The third-order valence-corrected chi connectivity index (χ3v) is 10.4. The molecule has 3 aromatic heterocycles. The van der Waals surface area contributed by atoms with Crippen molar-refractivity contribution >= 4 is 32.9 Å². The number of fused-ring (bicyclic) bond motifs is 1. The number of pyridine rings is 1. The summed E-state index contributed by atoms with van der Waals surface area (Å²) in [5.41, 5.74) is 4.10. The second-order valence-corrected chi connectivity index (χ2v) is 16.3. The van der Waals surface area contributed by atoms with E-state index in [0.29, 0.717) is 39.7 Å². The fourth-order valence-electron chi connectivity index (χ4n) is 6.94. The van der Waals surface area contributed by atoms with Crippen molar-refractivity contribution in [3.63, 3.8) is 0 Å². The zero-order chi connectivity index (χ0) is 29.8. The van der Waals surface area contributed by atoms with Crippen molar-refractivity contribution in [3.8, 4) is 5.82 Å². The molecule has 9 nitrogen and oxygen atoms in total. The fraction of sp³-hybridized carbons (Fsp3) is 0.531. The Morgan fingerprint density at radius 1 is 1.00 bits per heavy atom. The second kappa shape index (κ2) is 11.0. The van der Waals surface area contributed by atoms with E-state index < -0.39 is 10.1 Å². The third-order valence-electron chi connectivity index (χ3n) is 9.67. The first kappa shape index (κ1) is 28.5. The maximum atomic E-state index is 15.7. The van der Waals surface area contributed by atoms with Gasteiger partial charge in [0.05, 0.1) is 11.1 Å². The van der Waals surface area contributed by atoms with Crippen molar-refractivity contribution in [2.24, 2.45) is 5.41 Å². The number of likely N-dealkylation sites (tertiary alicyclic amines) is 2. The number of rotatable bonds is 7. The molecule has 2 saturated heterocycles. The Bertz CT molecular complexity index is 1640. The number of halogens is 1. The number of nitrogens with zero attached hydrogens (tertiary/aromatic N) is 6. The second-order valence-electron chi connectivity index (χ2n) is 13.3. The van der Waals surface area contributed by atoms with Crippen LogP contribution in [0.15, 0.2) is 47.9 Å². The molecular weight excluding hydrogens is 563 g/mol. The number of thiol groups is 1. The number of anilines is 2. The van der Waals surface area contributed by atoms with Gasteiger partial charge in [-0.2, -0.15) is 4.98 Å². The van der Waals surface area contributed by atoms with Crippen molar-refractivity contribution in [2.75, 3.05) is 55.8 Å². The standard InChI is InChI=1S/C32H43FN8OS/c1-39-17-13-32(14-18-39)15-19-40(20-16-32)24-11-9-23(10-12-24)35-31-34-21-25-28(33)29(22-7-8-22)41(30(25)37-31)27-6-4-5-26(36-27)38-43(2,3)42/h4-6,9,11,21-22,43H,7-8,10,12-20H2,1-3H3,(H,34,35,37)(H,36,38,42). The third kappa shape index (κ3) is 5.93. The normalized spacial score (nSPS) is 21.5. The lowest BCUT2D eigenvalue weighted by molar-refractivity contribution is 0.0530. The van der Waals surface area contributed by atoms with Gasteiger partial charge in [0, 0.05) is 49.1 Å². The quantitative estimate of drug-likeness (QED) is 0.318. The average Bonchev–Trinajstić information content (AvgIpc) is 3.78. The first-order valence-electron chi connectivity index (χ1n) is 15.6. The molecule has 0 bridgehead atoms. The average molecular weight is 607 g/mol. The maximum Gasteiger partial charge on any atom is 0.228 e. The Morgan fingerprint density at radius 2 is 1.74 bits per heavy atom. The van der Waals surface area contributed by atoms with Gasteiger partial charge in [0.15, 0.2) is 11.5 Å². The molecule has 0 unspecified atom stereocenters. The van der Waals surface area contributed by atoms with E-state index in [1.54, 1.807) is 24.8 Å². The molecule has 2 aliphatic carbocycles. The Balaban J connectivity index is 1.11. The Hall–Kier alpha value is -3.31. The lowest BCUT2D eigenvalue weighted by Crippen LogP contribution is -2.45. The van der Waals surface area contributed by atoms with E-state index in [4.69, 9.17) is 9.97 Å². The first-order chi connectivity index (χ1) is 20.7. The summed E-state index contributed by atoms with van der Waals surface area (Å²) in [5.74, 6) is 1.33. The van der Waals surface area contributed by atoms with E-state index >= 15 is 4.39 Å². The molecule has 1 spiro atoms. The zero-order valence-corrected chi connectivity index (χ0v) is 26.3. The van der Waals surface area contributed by atoms with E-state index in [1.165, 1.54) is 44.5 Å². The van der Waals surface area contributed by atoms with Gasteiger partial charge in [0.25, 0.3) is 0 Å². The largest absolute Gasteiger partial charge is 0.375 e. The smallest absolute Gasteiger partial charge is 0.228 e. The van der Waals surface area contributed by atoms with Crippen LogP contribution in [-0.4, -0.2) is 79.3 Å². The highest BCUT2D eigenvalue weighted by Crippen LogP contribution is 2.45. The van der Waals surface area contributed by atoms with Crippen molar-refractivity contribution in [2.45, 2.75) is 57.3 Å². The zero-order valence-electron chi connectivity index (χ0n) is 25.4. The van der Waals surface area contributed by atoms with Crippen LogP contribution in [0, 0.1) is 11.2 Å². The Kier molecular flexibility index (Phi) is 7.28.